The van der Waals surface area contributed by atoms with Crippen LogP contribution in [0.5, 0.6) is 11.5 Å². The maximum atomic E-state index is 12.6. The zero-order chi connectivity index (χ0) is 19.3. The van der Waals surface area contributed by atoms with Gasteiger partial charge in [0.25, 0.3) is 0 Å². The Morgan fingerprint density at radius 2 is 1.88 bits per heavy atom. The second-order valence-electron chi connectivity index (χ2n) is 5.88. The van der Waals surface area contributed by atoms with Crippen molar-refractivity contribution in [2.45, 2.75) is 19.5 Å². The smallest absolute Gasteiger partial charge is 0.241 e. The van der Waals surface area contributed by atoms with Crippen molar-refractivity contribution in [1.82, 2.24) is 4.90 Å². The Kier molecular flexibility index (Phi) is 7.49. The Labute approximate surface area is 170 Å². The number of likely N-dealkylation sites (N-methyl/N-ethyl adjacent to an activating group) is 1. The molecule has 1 atom stereocenters. The van der Waals surface area contributed by atoms with Gasteiger partial charge in [0, 0.05) is 27.1 Å². The Hall–Kier alpha value is -1.57. The van der Waals surface area contributed by atoms with E-state index in [2.05, 4.69) is 37.2 Å². The van der Waals surface area contributed by atoms with Crippen LogP contribution in [0.4, 0.5) is 5.69 Å². The van der Waals surface area contributed by atoms with Crippen molar-refractivity contribution >= 4 is 43.5 Å². The second-order valence-corrected chi connectivity index (χ2v) is 7.65. The predicted molar refractivity (Wildman–Crippen MR) is 111 cm³/mol. The number of hydrogen-bond donors (Lipinski definition) is 1. The Balaban J connectivity index is 2.06. The highest BCUT2D eigenvalue weighted by Gasteiger charge is 2.20. The largest absolute Gasteiger partial charge is 0.497 e. The number of benzene rings is 2. The molecule has 0 spiro atoms. The molecule has 5 nitrogen and oxygen atoms in total. The van der Waals surface area contributed by atoms with Crippen molar-refractivity contribution in [3.05, 3.63) is 50.9 Å². The summed E-state index contributed by atoms with van der Waals surface area (Å²) in [6, 6.07) is 11.0. The van der Waals surface area contributed by atoms with E-state index in [0.29, 0.717) is 6.54 Å². The number of carbonyl (C=O) groups excluding carboxylic acids is 1. The predicted octanol–water partition coefficient (Wildman–Crippen LogP) is 4.69. The molecule has 0 fully saturated rings. The van der Waals surface area contributed by atoms with Crippen LogP contribution in [0, 0.1) is 0 Å². The summed E-state index contributed by atoms with van der Waals surface area (Å²) < 4.78 is 12.4. The van der Waals surface area contributed by atoms with Crippen LogP contribution in [0.15, 0.2) is 45.3 Å². The molecule has 0 heterocycles. The summed E-state index contributed by atoms with van der Waals surface area (Å²) in [4.78, 5) is 14.6. The third-order valence-corrected chi connectivity index (χ3v) is 5.29. The van der Waals surface area contributed by atoms with E-state index in [1.54, 1.807) is 14.2 Å². The van der Waals surface area contributed by atoms with Gasteiger partial charge in [-0.3, -0.25) is 9.69 Å². The summed E-state index contributed by atoms with van der Waals surface area (Å²) in [5.41, 5.74) is 1.72. The van der Waals surface area contributed by atoms with Crippen LogP contribution >= 0.6 is 31.9 Å². The number of halogens is 2. The van der Waals surface area contributed by atoms with Crippen molar-refractivity contribution in [1.29, 1.82) is 0 Å². The number of carbonyl (C=O) groups is 1. The van der Waals surface area contributed by atoms with Gasteiger partial charge in [-0.15, -0.1) is 0 Å². The molecule has 0 radical (unpaired) electrons. The molecule has 0 aliphatic carbocycles. The van der Waals surface area contributed by atoms with Crippen LogP contribution in [-0.4, -0.2) is 38.1 Å². The van der Waals surface area contributed by atoms with Gasteiger partial charge in [0.05, 0.1) is 25.9 Å². The fraction of sp³-hybridized carbons (Fsp3) is 0.316. The van der Waals surface area contributed by atoms with Gasteiger partial charge in [0.1, 0.15) is 11.5 Å². The average molecular weight is 486 g/mol. The highest BCUT2D eigenvalue weighted by molar-refractivity contribution is 9.11. The molecule has 1 amide bonds. The fourth-order valence-electron chi connectivity index (χ4n) is 2.42. The fourth-order valence-corrected chi connectivity index (χ4v) is 3.56. The summed E-state index contributed by atoms with van der Waals surface area (Å²) in [5, 5.41) is 2.95. The molecular formula is C19H22Br2N2O3. The van der Waals surface area contributed by atoms with Crippen molar-refractivity contribution in [3.63, 3.8) is 0 Å². The summed E-state index contributed by atoms with van der Waals surface area (Å²) >= 11 is 6.87. The number of nitrogens with zero attached hydrogens (tertiary/aromatic N) is 1. The normalized spacial score (nSPS) is 12.0. The van der Waals surface area contributed by atoms with Gasteiger partial charge >= 0.3 is 0 Å². The van der Waals surface area contributed by atoms with Gasteiger partial charge in [-0.1, -0.05) is 22.0 Å². The Bertz CT molecular complexity index is 783. The van der Waals surface area contributed by atoms with E-state index in [9.17, 15) is 4.79 Å². The molecule has 2 aromatic carbocycles. The quantitative estimate of drug-likeness (QED) is 0.618. The minimum atomic E-state index is -0.322. The van der Waals surface area contributed by atoms with Gasteiger partial charge in [-0.25, -0.2) is 0 Å². The molecule has 0 saturated heterocycles. The summed E-state index contributed by atoms with van der Waals surface area (Å²) in [5.74, 6) is 1.39. The van der Waals surface area contributed by atoms with Crippen LogP contribution in [0.2, 0.25) is 0 Å². The number of rotatable bonds is 7. The zero-order valence-corrected chi connectivity index (χ0v) is 18.3. The van der Waals surface area contributed by atoms with E-state index in [0.717, 1.165) is 31.7 Å². The van der Waals surface area contributed by atoms with Crippen molar-refractivity contribution in [3.8, 4) is 11.5 Å². The van der Waals surface area contributed by atoms with Crippen molar-refractivity contribution in [2.24, 2.45) is 0 Å². The number of nitrogens with one attached hydrogen (secondary N) is 1. The first-order chi connectivity index (χ1) is 12.3. The Morgan fingerprint density at radius 3 is 2.50 bits per heavy atom. The van der Waals surface area contributed by atoms with E-state index in [-0.39, 0.29) is 11.9 Å². The van der Waals surface area contributed by atoms with Crippen molar-refractivity contribution < 1.29 is 14.3 Å². The lowest BCUT2D eigenvalue weighted by Gasteiger charge is -2.25. The minimum Gasteiger partial charge on any atom is -0.497 e. The lowest BCUT2D eigenvalue weighted by Crippen LogP contribution is -2.39. The van der Waals surface area contributed by atoms with Crippen LogP contribution < -0.4 is 14.8 Å². The van der Waals surface area contributed by atoms with Gasteiger partial charge in [0.2, 0.25) is 5.91 Å². The number of methoxy groups -OCH3 is 2. The molecule has 1 unspecified atom stereocenters. The van der Waals surface area contributed by atoms with Gasteiger partial charge in [0.15, 0.2) is 0 Å². The number of ether oxygens (including phenoxy) is 2. The molecule has 2 aromatic rings. The van der Waals surface area contributed by atoms with Crippen LogP contribution in [-0.2, 0) is 11.3 Å². The third-order valence-electron chi connectivity index (χ3n) is 4.14. The molecule has 26 heavy (non-hydrogen) atoms. The molecule has 0 aliphatic rings. The van der Waals surface area contributed by atoms with Crippen LogP contribution in [0.3, 0.4) is 0 Å². The van der Waals surface area contributed by atoms with E-state index in [4.69, 9.17) is 9.47 Å². The molecular weight excluding hydrogens is 464 g/mol. The van der Waals surface area contributed by atoms with Gasteiger partial charge < -0.3 is 14.8 Å². The summed E-state index contributed by atoms with van der Waals surface area (Å²) in [6.07, 6.45) is 0. The second kappa shape index (κ2) is 9.39. The first kappa shape index (κ1) is 20.7. The minimum absolute atomic E-state index is 0.0806. The molecule has 2 rings (SSSR count). The molecule has 0 aromatic heterocycles. The topological polar surface area (TPSA) is 50.8 Å². The maximum Gasteiger partial charge on any atom is 0.241 e. The standard InChI is InChI=1S/C19H22Br2N2O3/c1-12(19(24)22-17-8-6-14(20)9-16(17)21)23(2)11-13-5-7-15(25-3)10-18(13)26-4/h5-10,12H,11H2,1-4H3,(H,22,24). The lowest BCUT2D eigenvalue weighted by atomic mass is 10.1. The van der Waals surface area contributed by atoms with Gasteiger partial charge in [-0.2, -0.15) is 0 Å². The molecule has 140 valence electrons. The van der Waals surface area contributed by atoms with E-state index >= 15 is 0 Å². The third kappa shape index (κ3) is 5.22. The molecule has 1 N–H and O–H groups in total. The number of amides is 1. The molecule has 0 saturated carbocycles. The monoisotopic (exact) mass is 484 g/mol. The van der Waals surface area contributed by atoms with E-state index in [1.165, 1.54) is 0 Å². The molecule has 0 aliphatic heterocycles. The SMILES string of the molecule is COc1ccc(CN(C)C(C)C(=O)Nc2ccc(Br)cc2Br)c(OC)c1. The number of hydrogen-bond acceptors (Lipinski definition) is 4. The highest BCUT2D eigenvalue weighted by atomic mass is 79.9. The average Bonchev–Trinajstić information content (AvgIpc) is 2.63. The maximum absolute atomic E-state index is 12.6. The highest BCUT2D eigenvalue weighted by Crippen LogP contribution is 2.28. The first-order valence-corrected chi connectivity index (χ1v) is 9.61. The van der Waals surface area contributed by atoms with Gasteiger partial charge in [-0.05, 0) is 54.2 Å². The Morgan fingerprint density at radius 1 is 1.15 bits per heavy atom. The first-order valence-electron chi connectivity index (χ1n) is 8.02. The molecule has 7 heteroatoms. The van der Waals surface area contributed by atoms with E-state index < -0.39 is 0 Å². The zero-order valence-electron chi connectivity index (χ0n) is 15.2. The van der Waals surface area contributed by atoms with Crippen LogP contribution in [0.1, 0.15) is 12.5 Å². The number of anilines is 1. The lowest BCUT2D eigenvalue weighted by molar-refractivity contribution is -0.120. The summed E-state index contributed by atoms with van der Waals surface area (Å²) in [6.45, 7) is 2.45. The van der Waals surface area contributed by atoms with Crippen molar-refractivity contribution in [2.75, 3.05) is 26.6 Å². The summed E-state index contributed by atoms with van der Waals surface area (Å²) in [7, 11) is 5.15. The van der Waals surface area contributed by atoms with E-state index in [1.807, 2.05) is 55.3 Å². The van der Waals surface area contributed by atoms with Crippen LogP contribution in [0.25, 0.3) is 0 Å². The molecule has 0 bridgehead atoms.